The van der Waals surface area contributed by atoms with Gasteiger partial charge in [0, 0.05) is 12.6 Å². The van der Waals surface area contributed by atoms with Gasteiger partial charge in [0.2, 0.25) is 0 Å². The third kappa shape index (κ3) is 4.43. The molecule has 2 heteroatoms. The van der Waals surface area contributed by atoms with Crippen molar-refractivity contribution in [3.63, 3.8) is 0 Å². The van der Waals surface area contributed by atoms with Crippen molar-refractivity contribution >= 4 is 0 Å². The van der Waals surface area contributed by atoms with Crippen LogP contribution in [0.15, 0.2) is 0 Å². The summed E-state index contributed by atoms with van der Waals surface area (Å²) < 4.78 is 0. The SMILES string of the molecule is CC.CCN(C)CC1CCCN1CC. The van der Waals surface area contributed by atoms with Crippen LogP contribution in [0.1, 0.15) is 40.5 Å². The van der Waals surface area contributed by atoms with E-state index in [0.717, 1.165) is 6.04 Å². The average molecular weight is 200 g/mol. The molecule has 86 valence electrons. The highest BCUT2D eigenvalue weighted by atomic mass is 15.2. The Balaban J connectivity index is 0.000000791. The van der Waals surface area contributed by atoms with Crippen molar-refractivity contribution < 1.29 is 0 Å². The predicted molar refractivity (Wildman–Crippen MR) is 64.8 cm³/mol. The van der Waals surface area contributed by atoms with Gasteiger partial charge in [0.1, 0.15) is 0 Å². The summed E-state index contributed by atoms with van der Waals surface area (Å²) in [4.78, 5) is 5.02. The normalized spacial score (nSPS) is 22.3. The monoisotopic (exact) mass is 200 g/mol. The third-order valence-corrected chi connectivity index (χ3v) is 2.97. The summed E-state index contributed by atoms with van der Waals surface area (Å²) in [6.07, 6.45) is 2.80. The minimum atomic E-state index is 0.833. The van der Waals surface area contributed by atoms with Crippen LogP contribution < -0.4 is 0 Å². The molecule has 0 aliphatic carbocycles. The van der Waals surface area contributed by atoms with E-state index < -0.39 is 0 Å². The molecule has 0 spiro atoms. The fourth-order valence-corrected chi connectivity index (χ4v) is 2.01. The van der Waals surface area contributed by atoms with Crippen LogP contribution in [-0.4, -0.2) is 49.1 Å². The van der Waals surface area contributed by atoms with Crippen molar-refractivity contribution in [3.05, 3.63) is 0 Å². The van der Waals surface area contributed by atoms with Crippen LogP contribution in [0, 0.1) is 0 Å². The number of hydrogen-bond acceptors (Lipinski definition) is 2. The maximum atomic E-state index is 2.60. The third-order valence-electron chi connectivity index (χ3n) is 2.97. The van der Waals surface area contributed by atoms with Crippen LogP contribution in [0.25, 0.3) is 0 Å². The first-order chi connectivity index (χ1) is 6.77. The molecule has 1 aliphatic heterocycles. The van der Waals surface area contributed by atoms with Crippen molar-refractivity contribution in [1.29, 1.82) is 0 Å². The van der Waals surface area contributed by atoms with Crippen molar-refractivity contribution in [2.45, 2.75) is 46.6 Å². The lowest BCUT2D eigenvalue weighted by Gasteiger charge is -2.26. The Morgan fingerprint density at radius 2 is 1.93 bits per heavy atom. The zero-order valence-electron chi connectivity index (χ0n) is 10.7. The number of nitrogens with zero attached hydrogens (tertiary/aromatic N) is 2. The largest absolute Gasteiger partial charge is 0.305 e. The van der Waals surface area contributed by atoms with Crippen LogP contribution in [0.3, 0.4) is 0 Å². The maximum Gasteiger partial charge on any atom is 0.0223 e. The second-order valence-corrected chi connectivity index (χ2v) is 3.78. The van der Waals surface area contributed by atoms with E-state index in [-0.39, 0.29) is 0 Å². The molecule has 1 atom stereocenters. The van der Waals surface area contributed by atoms with Crippen molar-refractivity contribution in [3.8, 4) is 0 Å². The number of likely N-dealkylation sites (tertiary alicyclic amines) is 1. The molecule has 0 amide bonds. The molecule has 1 heterocycles. The summed E-state index contributed by atoms with van der Waals surface area (Å²) in [6.45, 7) is 13.5. The summed E-state index contributed by atoms with van der Waals surface area (Å²) in [5, 5.41) is 0. The number of hydrogen-bond donors (Lipinski definition) is 0. The average Bonchev–Trinajstić information content (AvgIpc) is 2.68. The Morgan fingerprint density at radius 1 is 1.29 bits per heavy atom. The summed E-state index contributed by atoms with van der Waals surface area (Å²) in [6, 6.07) is 0.833. The molecule has 0 aromatic carbocycles. The van der Waals surface area contributed by atoms with Crippen LogP contribution >= 0.6 is 0 Å². The van der Waals surface area contributed by atoms with Gasteiger partial charge in [-0.05, 0) is 39.5 Å². The topological polar surface area (TPSA) is 6.48 Å². The molecule has 0 aromatic rings. The summed E-state index contributed by atoms with van der Waals surface area (Å²) >= 11 is 0. The first kappa shape index (κ1) is 13.9. The zero-order valence-corrected chi connectivity index (χ0v) is 10.7. The molecule has 14 heavy (non-hydrogen) atoms. The van der Waals surface area contributed by atoms with Gasteiger partial charge >= 0.3 is 0 Å². The van der Waals surface area contributed by atoms with Gasteiger partial charge in [-0.1, -0.05) is 27.7 Å². The maximum absolute atomic E-state index is 2.60. The van der Waals surface area contributed by atoms with E-state index in [0.29, 0.717) is 0 Å². The lowest BCUT2D eigenvalue weighted by molar-refractivity contribution is 0.203. The first-order valence-electron chi connectivity index (χ1n) is 6.20. The van der Waals surface area contributed by atoms with Gasteiger partial charge in [-0.25, -0.2) is 0 Å². The Kier molecular flexibility index (Phi) is 8.20. The lowest BCUT2D eigenvalue weighted by atomic mass is 10.2. The Hall–Kier alpha value is -0.0800. The van der Waals surface area contributed by atoms with E-state index in [9.17, 15) is 0 Å². The second-order valence-electron chi connectivity index (χ2n) is 3.78. The van der Waals surface area contributed by atoms with Crippen molar-refractivity contribution in [2.75, 3.05) is 33.2 Å². The quantitative estimate of drug-likeness (QED) is 0.688. The zero-order chi connectivity index (χ0) is 11.0. The molecule has 1 aliphatic rings. The van der Waals surface area contributed by atoms with E-state index in [1.54, 1.807) is 0 Å². The highest BCUT2D eigenvalue weighted by Crippen LogP contribution is 2.16. The van der Waals surface area contributed by atoms with E-state index >= 15 is 0 Å². The summed E-state index contributed by atoms with van der Waals surface area (Å²) in [5.74, 6) is 0. The molecule has 0 N–H and O–H groups in total. The summed E-state index contributed by atoms with van der Waals surface area (Å²) in [7, 11) is 2.21. The molecule has 1 fully saturated rings. The smallest absolute Gasteiger partial charge is 0.0223 e. The molecule has 2 nitrogen and oxygen atoms in total. The van der Waals surface area contributed by atoms with Gasteiger partial charge in [-0.3, -0.25) is 4.90 Å². The van der Waals surface area contributed by atoms with Crippen molar-refractivity contribution in [2.24, 2.45) is 0 Å². The lowest BCUT2D eigenvalue weighted by Crippen LogP contribution is -2.38. The minimum Gasteiger partial charge on any atom is -0.305 e. The number of rotatable bonds is 4. The molecule has 1 saturated heterocycles. The highest BCUT2D eigenvalue weighted by Gasteiger charge is 2.23. The second kappa shape index (κ2) is 8.25. The van der Waals surface area contributed by atoms with Gasteiger partial charge in [-0.15, -0.1) is 0 Å². The van der Waals surface area contributed by atoms with Gasteiger partial charge in [0.05, 0.1) is 0 Å². The predicted octanol–water partition coefficient (Wildman–Crippen LogP) is 2.45. The molecule has 0 radical (unpaired) electrons. The van der Waals surface area contributed by atoms with Crippen LogP contribution in [-0.2, 0) is 0 Å². The minimum absolute atomic E-state index is 0.833. The molecule has 1 rings (SSSR count). The van der Waals surface area contributed by atoms with Crippen LogP contribution in [0.5, 0.6) is 0 Å². The molecule has 0 saturated carbocycles. The molecular formula is C12H28N2. The van der Waals surface area contributed by atoms with Gasteiger partial charge < -0.3 is 4.90 Å². The fourth-order valence-electron chi connectivity index (χ4n) is 2.01. The molecule has 1 unspecified atom stereocenters. The highest BCUT2D eigenvalue weighted by molar-refractivity contribution is 4.80. The van der Waals surface area contributed by atoms with E-state index in [1.165, 1.54) is 39.0 Å². The fraction of sp³-hybridized carbons (Fsp3) is 1.00. The van der Waals surface area contributed by atoms with E-state index in [1.807, 2.05) is 13.8 Å². The van der Waals surface area contributed by atoms with Gasteiger partial charge in [0.15, 0.2) is 0 Å². The van der Waals surface area contributed by atoms with Crippen LogP contribution in [0.4, 0.5) is 0 Å². The van der Waals surface area contributed by atoms with Crippen LogP contribution in [0.2, 0.25) is 0 Å². The van der Waals surface area contributed by atoms with Crippen molar-refractivity contribution in [1.82, 2.24) is 9.80 Å². The Morgan fingerprint density at radius 3 is 2.43 bits per heavy atom. The Bertz CT molecular complexity index is 125. The molecule has 0 bridgehead atoms. The molecule has 0 aromatic heterocycles. The first-order valence-corrected chi connectivity index (χ1v) is 6.20. The Labute approximate surface area is 90.3 Å². The van der Waals surface area contributed by atoms with Gasteiger partial charge in [0.25, 0.3) is 0 Å². The van der Waals surface area contributed by atoms with E-state index in [2.05, 4.69) is 30.7 Å². The number of likely N-dealkylation sites (N-methyl/N-ethyl adjacent to an activating group) is 2. The molecular weight excluding hydrogens is 172 g/mol. The van der Waals surface area contributed by atoms with Gasteiger partial charge in [-0.2, -0.15) is 0 Å². The van der Waals surface area contributed by atoms with E-state index in [4.69, 9.17) is 0 Å². The standard InChI is InChI=1S/C10H22N2.C2H6/c1-4-11(3)9-10-7-6-8-12(10)5-2;1-2/h10H,4-9H2,1-3H3;1-2H3. The summed E-state index contributed by atoms with van der Waals surface area (Å²) in [5.41, 5.74) is 0.